The van der Waals surface area contributed by atoms with E-state index in [9.17, 15) is 4.79 Å². The Labute approximate surface area is 132 Å². The topological polar surface area (TPSA) is 63.2 Å². The van der Waals surface area contributed by atoms with Crippen LogP contribution < -0.4 is 10.6 Å². The number of pyridine rings is 1. The number of rotatable bonds is 4. The first-order valence-electron chi connectivity index (χ1n) is 7.98. The molecule has 2 N–H and O–H groups in total. The first-order chi connectivity index (χ1) is 10.3. The minimum Gasteiger partial charge on any atom is -0.444 e. The molecule has 0 radical (unpaired) electrons. The molecule has 1 amide bonds. The van der Waals surface area contributed by atoms with Crippen molar-refractivity contribution in [3.63, 3.8) is 0 Å². The second-order valence-corrected chi connectivity index (χ2v) is 7.00. The fourth-order valence-corrected chi connectivity index (χ4v) is 2.67. The third-order valence-electron chi connectivity index (χ3n) is 3.74. The highest BCUT2D eigenvalue weighted by Gasteiger charge is 2.29. The summed E-state index contributed by atoms with van der Waals surface area (Å²) in [5, 5.41) is 6.49. The van der Waals surface area contributed by atoms with Gasteiger partial charge in [-0.05, 0) is 58.6 Å². The van der Waals surface area contributed by atoms with E-state index in [2.05, 4.69) is 21.7 Å². The molecular weight excluding hydrogens is 278 g/mol. The predicted octanol–water partition coefficient (Wildman–Crippen LogP) is 2.93. The first kappa shape index (κ1) is 16.7. The molecule has 1 aliphatic rings. The lowest BCUT2D eigenvalue weighted by Crippen LogP contribution is -2.47. The molecular formula is C17H27N3O2. The maximum atomic E-state index is 11.9. The Bertz CT molecular complexity index is 494. The molecule has 5 nitrogen and oxygen atoms in total. The fraction of sp³-hybridized carbons (Fsp3) is 0.647. The van der Waals surface area contributed by atoms with Gasteiger partial charge >= 0.3 is 6.09 Å². The van der Waals surface area contributed by atoms with Gasteiger partial charge in [0.15, 0.2) is 0 Å². The van der Waals surface area contributed by atoms with Crippen LogP contribution in [0.5, 0.6) is 0 Å². The molecule has 5 heteroatoms. The van der Waals surface area contributed by atoms with Crippen LogP contribution in [0.25, 0.3) is 0 Å². The number of hydrogen-bond donors (Lipinski definition) is 2. The Hall–Kier alpha value is -1.62. The molecule has 1 aromatic heterocycles. The van der Waals surface area contributed by atoms with Gasteiger partial charge in [0.05, 0.1) is 5.69 Å². The molecule has 122 valence electrons. The average molecular weight is 305 g/mol. The van der Waals surface area contributed by atoms with Gasteiger partial charge in [0.25, 0.3) is 0 Å². The molecule has 0 bridgehead atoms. The smallest absolute Gasteiger partial charge is 0.407 e. The van der Waals surface area contributed by atoms with E-state index >= 15 is 0 Å². The third kappa shape index (κ3) is 5.30. The lowest BCUT2D eigenvalue weighted by atomic mass is 10.1. The molecule has 0 spiro atoms. The number of carbonyl (C=O) groups is 1. The summed E-state index contributed by atoms with van der Waals surface area (Å²) in [6, 6.07) is 4.50. The second-order valence-electron chi connectivity index (χ2n) is 7.00. The predicted molar refractivity (Wildman–Crippen MR) is 86.6 cm³/mol. The molecule has 2 unspecified atom stereocenters. The highest BCUT2D eigenvalue weighted by molar-refractivity contribution is 5.68. The molecule has 1 aliphatic carbocycles. The summed E-state index contributed by atoms with van der Waals surface area (Å²) in [4.78, 5) is 16.3. The van der Waals surface area contributed by atoms with Crippen molar-refractivity contribution in [1.82, 2.24) is 15.6 Å². The number of amides is 1. The number of aromatic nitrogens is 1. The van der Waals surface area contributed by atoms with E-state index in [-0.39, 0.29) is 18.2 Å². The van der Waals surface area contributed by atoms with E-state index in [1.165, 1.54) is 0 Å². The van der Waals surface area contributed by atoms with E-state index < -0.39 is 5.60 Å². The van der Waals surface area contributed by atoms with Crippen LogP contribution in [0, 0.1) is 6.92 Å². The zero-order valence-corrected chi connectivity index (χ0v) is 14.0. The van der Waals surface area contributed by atoms with Crippen molar-refractivity contribution in [1.29, 1.82) is 0 Å². The summed E-state index contributed by atoms with van der Waals surface area (Å²) < 4.78 is 5.33. The van der Waals surface area contributed by atoms with Gasteiger partial charge in [0.2, 0.25) is 0 Å². The Kier molecular flexibility index (Phi) is 5.40. The van der Waals surface area contributed by atoms with Crippen molar-refractivity contribution in [3.8, 4) is 0 Å². The number of nitrogens with one attached hydrogen (secondary N) is 2. The van der Waals surface area contributed by atoms with Gasteiger partial charge in [-0.2, -0.15) is 0 Å². The van der Waals surface area contributed by atoms with Gasteiger partial charge in [0.1, 0.15) is 5.60 Å². The standard InChI is InChI=1S/C17H27N3O2/c1-12-8-9-13(18-10-12)11-19-14-6-5-7-15(14)20-16(21)22-17(2,3)4/h8-10,14-15,19H,5-7,11H2,1-4H3,(H,20,21). The molecule has 2 atom stereocenters. The van der Waals surface area contributed by atoms with E-state index in [4.69, 9.17) is 4.74 Å². The average Bonchev–Trinajstić information content (AvgIpc) is 2.83. The second kappa shape index (κ2) is 7.09. The van der Waals surface area contributed by atoms with Crippen LogP contribution in [-0.2, 0) is 11.3 Å². The number of nitrogens with zero attached hydrogens (tertiary/aromatic N) is 1. The van der Waals surface area contributed by atoms with Crippen LogP contribution in [0.4, 0.5) is 4.79 Å². The Morgan fingerprint density at radius 1 is 1.32 bits per heavy atom. The summed E-state index contributed by atoms with van der Waals surface area (Å²) in [5.41, 5.74) is 1.72. The summed E-state index contributed by atoms with van der Waals surface area (Å²) in [6.07, 6.45) is 4.70. The van der Waals surface area contributed by atoms with Gasteiger partial charge in [-0.25, -0.2) is 4.79 Å². The highest BCUT2D eigenvalue weighted by Crippen LogP contribution is 2.20. The summed E-state index contributed by atoms with van der Waals surface area (Å²) in [7, 11) is 0. The van der Waals surface area contributed by atoms with Crippen molar-refractivity contribution in [3.05, 3.63) is 29.6 Å². The summed E-state index contributed by atoms with van der Waals surface area (Å²) in [6.45, 7) is 8.37. The van der Waals surface area contributed by atoms with Crippen LogP contribution in [-0.4, -0.2) is 28.8 Å². The zero-order chi connectivity index (χ0) is 16.2. The number of hydrogen-bond acceptors (Lipinski definition) is 4. The molecule has 0 aliphatic heterocycles. The largest absolute Gasteiger partial charge is 0.444 e. The molecule has 1 fully saturated rings. The summed E-state index contributed by atoms with van der Waals surface area (Å²) in [5.74, 6) is 0. The van der Waals surface area contributed by atoms with Gasteiger partial charge in [-0.15, -0.1) is 0 Å². The molecule has 1 aromatic rings. The molecule has 0 saturated heterocycles. The van der Waals surface area contributed by atoms with E-state index in [1.54, 1.807) is 0 Å². The Balaban J connectivity index is 1.82. The molecule has 22 heavy (non-hydrogen) atoms. The van der Waals surface area contributed by atoms with Crippen LogP contribution in [0.1, 0.15) is 51.3 Å². The van der Waals surface area contributed by atoms with Crippen molar-refractivity contribution in [2.75, 3.05) is 0 Å². The number of aryl methyl sites for hydroxylation is 1. The van der Waals surface area contributed by atoms with Crippen LogP contribution in [0.3, 0.4) is 0 Å². The van der Waals surface area contributed by atoms with E-state index in [1.807, 2.05) is 40.0 Å². The molecule has 1 saturated carbocycles. The van der Waals surface area contributed by atoms with Crippen molar-refractivity contribution < 1.29 is 9.53 Å². The lowest BCUT2D eigenvalue weighted by Gasteiger charge is -2.25. The quantitative estimate of drug-likeness (QED) is 0.898. The first-order valence-corrected chi connectivity index (χ1v) is 7.98. The number of carbonyl (C=O) groups excluding carboxylic acids is 1. The van der Waals surface area contributed by atoms with Crippen LogP contribution in [0.2, 0.25) is 0 Å². The van der Waals surface area contributed by atoms with Crippen molar-refractivity contribution in [2.45, 2.75) is 71.2 Å². The minimum absolute atomic E-state index is 0.125. The number of ether oxygens (including phenoxy) is 1. The molecule has 1 heterocycles. The van der Waals surface area contributed by atoms with Gasteiger partial charge in [-0.3, -0.25) is 4.98 Å². The molecule has 0 aromatic carbocycles. The van der Waals surface area contributed by atoms with Gasteiger partial charge < -0.3 is 15.4 Å². The summed E-state index contributed by atoms with van der Waals surface area (Å²) >= 11 is 0. The van der Waals surface area contributed by atoms with Gasteiger partial charge in [-0.1, -0.05) is 6.07 Å². The lowest BCUT2D eigenvalue weighted by molar-refractivity contribution is 0.0498. The number of alkyl carbamates (subject to hydrolysis) is 1. The van der Waals surface area contributed by atoms with E-state index in [0.29, 0.717) is 0 Å². The van der Waals surface area contributed by atoms with Crippen molar-refractivity contribution in [2.24, 2.45) is 0 Å². The van der Waals surface area contributed by atoms with Crippen LogP contribution in [0.15, 0.2) is 18.3 Å². The maximum Gasteiger partial charge on any atom is 0.407 e. The Morgan fingerprint density at radius 3 is 2.68 bits per heavy atom. The minimum atomic E-state index is -0.461. The normalized spacial score (nSPS) is 21.6. The monoisotopic (exact) mass is 305 g/mol. The van der Waals surface area contributed by atoms with Gasteiger partial charge in [0, 0.05) is 24.8 Å². The third-order valence-corrected chi connectivity index (χ3v) is 3.74. The highest BCUT2D eigenvalue weighted by atomic mass is 16.6. The van der Waals surface area contributed by atoms with E-state index in [0.717, 1.165) is 37.1 Å². The SMILES string of the molecule is Cc1ccc(CNC2CCCC2NC(=O)OC(C)(C)C)nc1. The Morgan fingerprint density at radius 2 is 2.05 bits per heavy atom. The molecule has 2 rings (SSSR count). The van der Waals surface area contributed by atoms with Crippen molar-refractivity contribution >= 4 is 6.09 Å². The fourth-order valence-electron chi connectivity index (χ4n) is 2.67. The zero-order valence-electron chi connectivity index (χ0n) is 14.0. The maximum absolute atomic E-state index is 11.9. The van der Waals surface area contributed by atoms with Crippen LogP contribution >= 0.6 is 0 Å².